The summed E-state index contributed by atoms with van der Waals surface area (Å²) in [4.78, 5) is 0. The Hall–Kier alpha value is -1.87. The average molecular weight is 246 g/mol. The Morgan fingerprint density at radius 3 is 2.33 bits per heavy atom. The summed E-state index contributed by atoms with van der Waals surface area (Å²) in [5.74, 6) is 0.426. The summed E-state index contributed by atoms with van der Waals surface area (Å²) in [6.07, 6.45) is 0. The first-order valence-corrected chi connectivity index (χ1v) is 5.76. The molecule has 0 spiro atoms. The van der Waals surface area contributed by atoms with Gasteiger partial charge in [-0.25, -0.2) is 4.39 Å². The summed E-state index contributed by atoms with van der Waals surface area (Å²) in [5, 5.41) is 8.93. The first-order chi connectivity index (χ1) is 8.69. The Morgan fingerprint density at radius 1 is 1.06 bits per heavy atom. The standard InChI is InChI=1S/C15H15FO2/c1-11-8-14(16)6-7-15(11)18-10-13-4-2-12(9-17)3-5-13/h2-8,17H,9-10H2,1H3. The van der Waals surface area contributed by atoms with Gasteiger partial charge in [-0.2, -0.15) is 0 Å². The number of halogens is 1. The smallest absolute Gasteiger partial charge is 0.123 e. The van der Waals surface area contributed by atoms with Crippen LogP contribution in [0.1, 0.15) is 16.7 Å². The van der Waals surface area contributed by atoms with Gasteiger partial charge in [0.15, 0.2) is 0 Å². The second-order valence-electron chi connectivity index (χ2n) is 4.17. The predicted octanol–water partition coefficient (Wildman–Crippen LogP) is 3.21. The molecule has 2 aromatic carbocycles. The summed E-state index contributed by atoms with van der Waals surface area (Å²) >= 11 is 0. The first-order valence-electron chi connectivity index (χ1n) is 5.76. The molecule has 2 nitrogen and oxygen atoms in total. The van der Waals surface area contributed by atoms with E-state index in [1.54, 1.807) is 6.07 Å². The second-order valence-corrected chi connectivity index (χ2v) is 4.17. The Bertz CT molecular complexity index is 521. The van der Waals surface area contributed by atoms with Gasteiger partial charge in [0.25, 0.3) is 0 Å². The minimum Gasteiger partial charge on any atom is -0.489 e. The number of aliphatic hydroxyl groups is 1. The number of hydrogen-bond donors (Lipinski definition) is 1. The third-order valence-electron chi connectivity index (χ3n) is 2.74. The fourth-order valence-electron chi connectivity index (χ4n) is 1.68. The molecule has 0 aliphatic rings. The Kier molecular flexibility index (Phi) is 3.95. The summed E-state index contributed by atoms with van der Waals surface area (Å²) in [5.41, 5.74) is 2.66. The van der Waals surface area contributed by atoms with Gasteiger partial charge in [-0.15, -0.1) is 0 Å². The highest BCUT2D eigenvalue weighted by Gasteiger charge is 2.01. The molecule has 0 aliphatic carbocycles. The molecule has 0 aliphatic heterocycles. The molecule has 18 heavy (non-hydrogen) atoms. The Morgan fingerprint density at radius 2 is 1.72 bits per heavy atom. The van der Waals surface area contributed by atoms with Crippen LogP contribution in [-0.4, -0.2) is 5.11 Å². The molecule has 0 bridgehead atoms. The van der Waals surface area contributed by atoms with E-state index in [2.05, 4.69) is 0 Å². The third kappa shape index (κ3) is 3.08. The maximum absolute atomic E-state index is 12.9. The fraction of sp³-hybridized carbons (Fsp3) is 0.200. The highest BCUT2D eigenvalue weighted by atomic mass is 19.1. The zero-order valence-electron chi connectivity index (χ0n) is 10.2. The van der Waals surface area contributed by atoms with Crippen molar-refractivity contribution in [2.75, 3.05) is 0 Å². The van der Waals surface area contributed by atoms with Gasteiger partial charge in [0.05, 0.1) is 6.61 Å². The highest BCUT2D eigenvalue weighted by Crippen LogP contribution is 2.19. The molecule has 2 rings (SSSR count). The van der Waals surface area contributed by atoms with E-state index < -0.39 is 0 Å². The van der Waals surface area contributed by atoms with Crippen LogP contribution in [0.15, 0.2) is 42.5 Å². The topological polar surface area (TPSA) is 29.5 Å². The molecule has 2 aromatic rings. The van der Waals surface area contributed by atoms with Crippen molar-refractivity contribution in [3.05, 3.63) is 65.0 Å². The van der Waals surface area contributed by atoms with Crippen molar-refractivity contribution >= 4 is 0 Å². The predicted molar refractivity (Wildman–Crippen MR) is 67.8 cm³/mol. The lowest BCUT2D eigenvalue weighted by molar-refractivity contribution is 0.281. The summed E-state index contributed by atoms with van der Waals surface area (Å²) < 4.78 is 18.5. The van der Waals surface area contributed by atoms with Gasteiger partial charge in [-0.3, -0.25) is 0 Å². The number of rotatable bonds is 4. The lowest BCUT2D eigenvalue weighted by atomic mass is 10.1. The van der Waals surface area contributed by atoms with E-state index in [0.29, 0.717) is 12.4 Å². The molecule has 0 saturated heterocycles. The summed E-state index contributed by atoms with van der Waals surface area (Å²) in [6.45, 7) is 2.28. The van der Waals surface area contributed by atoms with Gasteiger partial charge in [0.2, 0.25) is 0 Å². The van der Waals surface area contributed by atoms with E-state index in [4.69, 9.17) is 9.84 Å². The second kappa shape index (κ2) is 5.65. The minimum absolute atomic E-state index is 0.0399. The van der Waals surface area contributed by atoms with E-state index in [9.17, 15) is 4.39 Å². The van der Waals surface area contributed by atoms with E-state index in [1.807, 2.05) is 31.2 Å². The zero-order valence-corrected chi connectivity index (χ0v) is 10.2. The van der Waals surface area contributed by atoms with Crippen LogP contribution in [0.25, 0.3) is 0 Å². The fourth-order valence-corrected chi connectivity index (χ4v) is 1.68. The van der Waals surface area contributed by atoms with Gasteiger partial charge in [0, 0.05) is 0 Å². The van der Waals surface area contributed by atoms with E-state index >= 15 is 0 Å². The molecule has 0 aromatic heterocycles. The van der Waals surface area contributed by atoms with Gasteiger partial charge in [-0.1, -0.05) is 24.3 Å². The maximum Gasteiger partial charge on any atom is 0.123 e. The van der Waals surface area contributed by atoms with Crippen LogP contribution in [-0.2, 0) is 13.2 Å². The Labute approximate surface area is 106 Å². The third-order valence-corrected chi connectivity index (χ3v) is 2.74. The summed E-state index contributed by atoms with van der Waals surface area (Å²) in [7, 11) is 0. The van der Waals surface area contributed by atoms with E-state index in [0.717, 1.165) is 16.7 Å². The number of ether oxygens (including phenoxy) is 1. The number of aliphatic hydroxyl groups excluding tert-OH is 1. The Balaban J connectivity index is 2.02. The van der Waals surface area contributed by atoms with Crippen molar-refractivity contribution in [1.82, 2.24) is 0 Å². The van der Waals surface area contributed by atoms with Crippen molar-refractivity contribution in [3.8, 4) is 5.75 Å². The normalized spacial score (nSPS) is 10.4. The molecule has 0 amide bonds. The molecule has 0 saturated carbocycles. The molecular formula is C15H15FO2. The van der Waals surface area contributed by atoms with Crippen molar-refractivity contribution < 1.29 is 14.2 Å². The zero-order chi connectivity index (χ0) is 13.0. The minimum atomic E-state index is -0.257. The quantitative estimate of drug-likeness (QED) is 0.897. The average Bonchev–Trinajstić information content (AvgIpc) is 2.38. The van der Waals surface area contributed by atoms with Crippen molar-refractivity contribution in [2.45, 2.75) is 20.1 Å². The molecule has 94 valence electrons. The van der Waals surface area contributed by atoms with Gasteiger partial charge in [-0.05, 0) is 41.8 Å². The van der Waals surface area contributed by atoms with Crippen molar-refractivity contribution in [1.29, 1.82) is 0 Å². The van der Waals surface area contributed by atoms with Crippen LogP contribution in [0.2, 0.25) is 0 Å². The molecule has 0 fully saturated rings. The van der Waals surface area contributed by atoms with Crippen LogP contribution in [0.5, 0.6) is 5.75 Å². The van der Waals surface area contributed by atoms with Gasteiger partial charge >= 0.3 is 0 Å². The van der Waals surface area contributed by atoms with E-state index in [-0.39, 0.29) is 12.4 Å². The van der Waals surface area contributed by atoms with Gasteiger partial charge < -0.3 is 9.84 Å². The van der Waals surface area contributed by atoms with Crippen molar-refractivity contribution in [2.24, 2.45) is 0 Å². The molecule has 1 N–H and O–H groups in total. The number of benzene rings is 2. The summed E-state index contributed by atoms with van der Waals surface area (Å²) in [6, 6.07) is 12.0. The number of aryl methyl sites for hydroxylation is 1. The van der Waals surface area contributed by atoms with Crippen LogP contribution in [0, 0.1) is 12.7 Å². The van der Waals surface area contributed by atoms with Crippen LogP contribution < -0.4 is 4.74 Å². The van der Waals surface area contributed by atoms with Crippen molar-refractivity contribution in [3.63, 3.8) is 0 Å². The first kappa shape index (κ1) is 12.6. The molecule has 0 atom stereocenters. The monoisotopic (exact) mass is 246 g/mol. The molecule has 0 heterocycles. The van der Waals surface area contributed by atoms with Crippen LogP contribution >= 0.6 is 0 Å². The van der Waals surface area contributed by atoms with Crippen LogP contribution in [0.4, 0.5) is 4.39 Å². The lowest BCUT2D eigenvalue weighted by Crippen LogP contribution is -1.97. The molecule has 3 heteroatoms. The van der Waals surface area contributed by atoms with Crippen LogP contribution in [0.3, 0.4) is 0 Å². The molecule has 0 radical (unpaired) electrons. The maximum atomic E-state index is 12.9. The molecular weight excluding hydrogens is 231 g/mol. The van der Waals surface area contributed by atoms with Gasteiger partial charge in [0.1, 0.15) is 18.2 Å². The highest BCUT2D eigenvalue weighted by molar-refractivity contribution is 5.33. The SMILES string of the molecule is Cc1cc(F)ccc1OCc1ccc(CO)cc1. The lowest BCUT2D eigenvalue weighted by Gasteiger charge is -2.09. The number of hydrogen-bond acceptors (Lipinski definition) is 2. The van der Waals surface area contributed by atoms with E-state index in [1.165, 1.54) is 12.1 Å². The molecule has 0 unspecified atom stereocenters. The largest absolute Gasteiger partial charge is 0.489 e.